The number of hydrogen-bond acceptors (Lipinski definition) is 3. The Morgan fingerprint density at radius 1 is 0.900 bits per heavy atom. The highest BCUT2D eigenvalue weighted by Gasteiger charge is 2.17. The molecule has 0 amide bonds. The van der Waals surface area contributed by atoms with Crippen molar-refractivity contribution in [3.63, 3.8) is 0 Å². The normalized spacial score (nSPS) is 11.0. The van der Waals surface area contributed by atoms with Gasteiger partial charge in [0.15, 0.2) is 11.6 Å². The van der Waals surface area contributed by atoms with Crippen molar-refractivity contribution in [3.8, 4) is 22.8 Å². The maximum absolute atomic E-state index is 13.7. The van der Waals surface area contributed by atoms with E-state index in [1.807, 2.05) is 48.7 Å². The van der Waals surface area contributed by atoms with E-state index in [1.54, 1.807) is 24.3 Å². The van der Waals surface area contributed by atoms with Crippen LogP contribution >= 0.6 is 23.2 Å². The zero-order valence-electron chi connectivity index (χ0n) is 16.4. The van der Waals surface area contributed by atoms with Crippen LogP contribution in [0.2, 0.25) is 10.0 Å². The van der Waals surface area contributed by atoms with Gasteiger partial charge in [0.25, 0.3) is 0 Å². The van der Waals surface area contributed by atoms with Crippen molar-refractivity contribution in [3.05, 3.63) is 93.5 Å². The summed E-state index contributed by atoms with van der Waals surface area (Å²) in [5, 5.41) is 9.39. The number of benzene rings is 3. The number of aromatic nitrogens is 3. The number of aryl methyl sites for hydroxylation is 2. The van der Waals surface area contributed by atoms with Gasteiger partial charge < -0.3 is 4.74 Å². The summed E-state index contributed by atoms with van der Waals surface area (Å²) in [5.74, 6) is 1.35. The first kappa shape index (κ1) is 20.4. The highest BCUT2D eigenvalue weighted by Crippen LogP contribution is 2.27. The lowest BCUT2D eigenvalue weighted by atomic mass is 10.1. The fourth-order valence-corrected chi connectivity index (χ4v) is 3.34. The van der Waals surface area contributed by atoms with Gasteiger partial charge in [-0.3, -0.25) is 4.57 Å². The molecule has 4 aromatic rings. The van der Waals surface area contributed by atoms with Gasteiger partial charge >= 0.3 is 0 Å². The van der Waals surface area contributed by atoms with Crippen molar-refractivity contribution in [2.24, 2.45) is 0 Å². The first-order valence-corrected chi connectivity index (χ1v) is 10.0. The molecule has 152 valence electrons. The largest absolute Gasteiger partial charge is 0.486 e. The van der Waals surface area contributed by atoms with Gasteiger partial charge in [-0.1, -0.05) is 53.0 Å². The minimum absolute atomic E-state index is 0.0243. The van der Waals surface area contributed by atoms with Gasteiger partial charge in [0.05, 0.1) is 10.7 Å². The fourth-order valence-electron chi connectivity index (χ4n) is 3.05. The van der Waals surface area contributed by atoms with Crippen LogP contribution in [0.4, 0.5) is 4.39 Å². The predicted molar refractivity (Wildman–Crippen MR) is 117 cm³/mol. The Morgan fingerprint density at radius 3 is 2.37 bits per heavy atom. The Balaban J connectivity index is 1.75. The summed E-state index contributed by atoms with van der Waals surface area (Å²) in [7, 11) is 0. The molecule has 0 atom stereocenters. The highest BCUT2D eigenvalue weighted by atomic mass is 35.5. The molecule has 4 nitrogen and oxygen atoms in total. The van der Waals surface area contributed by atoms with Gasteiger partial charge in [-0.25, -0.2) is 4.39 Å². The van der Waals surface area contributed by atoms with Crippen molar-refractivity contribution in [1.29, 1.82) is 0 Å². The summed E-state index contributed by atoms with van der Waals surface area (Å²) in [6, 6.07) is 17.9. The molecule has 0 saturated heterocycles. The van der Waals surface area contributed by atoms with Gasteiger partial charge in [0.2, 0.25) is 0 Å². The molecule has 0 saturated carbocycles. The Morgan fingerprint density at radius 2 is 1.67 bits per heavy atom. The minimum Gasteiger partial charge on any atom is -0.486 e. The molecule has 0 aliphatic rings. The first-order chi connectivity index (χ1) is 14.4. The standard InChI is InChI=1S/C23H18Cl2FN3O/c1-14-3-5-16(6-4-14)23-28-27-22(13-30-18-8-9-19(24)15(2)11-18)29(23)17-7-10-21(26)20(25)12-17/h3-12H,13H2,1-2H3. The van der Waals surface area contributed by atoms with Crippen LogP contribution in [0.1, 0.15) is 17.0 Å². The Hall–Kier alpha value is -2.89. The number of hydrogen-bond donors (Lipinski definition) is 0. The number of rotatable bonds is 5. The van der Waals surface area contributed by atoms with E-state index in [1.165, 1.54) is 6.07 Å². The maximum Gasteiger partial charge on any atom is 0.175 e. The third-order valence-electron chi connectivity index (χ3n) is 4.70. The van der Waals surface area contributed by atoms with Crippen molar-refractivity contribution in [2.75, 3.05) is 0 Å². The quantitative estimate of drug-likeness (QED) is 0.351. The van der Waals surface area contributed by atoms with Crippen molar-refractivity contribution in [2.45, 2.75) is 20.5 Å². The molecule has 1 aromatic heterocycles. The van der Waals surface area contributed by atoms with E-state index in [9.17, 15) is 4.39 Å². The summed E-state index contributed by atoms with van der Waals surface area (Å²) >= 11 is 12.1. The molecular weight excluding hydrogens is 424 g/mol. The summed E-state index contributed by atoms with van der Waals surface area (Å²) in [6.07, 6.45) is 0. The van der Waals surface area contributed by atoms with Crippen molar-refractivity contribution in [1.82, 2.24) is 14.8 Å². The van der Waals surface area contributed by atoms with Gasteiger partial charge in [-0.05, 0) is 55.8 Å². The zero-order valence-corrected chi connectivity index (χ0v) is 17.9. The molecule has 0 unspecified atom stereocenters. The molecule has 4 rings (SSSR count). The van der Waals surface area contributed by atoms with Crippen LogP contribution in [0.15, 0.2) is 60.7 Å². The second kappa shape index (κ2) is 8.46. The summed E-state index contributed by atoms with van der Waals surface area (Å²) in [6.45, 7) is 4.09. The van der Waals surface area contributed by atoms with Crippen molar-refractivity contribution >= 4 is 23.2 Å². The summed E-state index contributed by atoms with van der Waals surface area (Å²) in [4.78, 5) is 0. The van der Waals surface area contributed by atoms with E-state index in [-0.39, 0.29) is 11.6 Å². The van der Waals surface area contributed by atoms with E-state index in [0.29, 0.717) is 28.1 Å². The first-order valence-electron chi connectivity index (χ1n) is 9.28. The molecule has 0 radical (unpaired) electrons. The average Bonchev–Trinajstić information content (AvgIpc) is 3.15. The maximum atomic E-state index is 13.7. The van der Waals surface area contributed by atoms with E-state index in [0.717, 1.165) is 16.7 Å². The summed E-state index contributed by atoms with van der Waals surface area (Å²) < 4.78 is 21.5. The second-order valence-corrected chi connectivity index (χ2v) is 7.75. The molecule has 1 heterocycles. The lowest BCUT2D eigenvalue weighted by Gasteiger charge is -2.13. The molecule has 30 heavy (non-hydrogen) atoms. The predicted octanol–water partition coefficient (Wildman–Crippen LogP) is 6.58. The number of nitrogens with zero attached hydrogens (tertiary/aromatic N) is 3. The van der Waals surface area contributed by atoms with E-state index >= 15 is 0 Å². The van der Waals surface area contributed by atoms with Crippen LogP contribution in [0.3, 0.4) is 0 Å². The number of halogens is 3. The SMILES string of the molecule is Cc1ccc(-c2nnc(COc3ccc(Cl)c(C)c3)n2-c2ccc(F)c(Cl)c2)cc1. The lowest BCUT2D eigenvalue weighted by molar-refractivity contribution is 0.293. The van der Waals surface area contributed by atoms with Crippen LogP contribution in [0.25, 0.3) is 17.1 Å². The topological polar surface area (TPSA) is 39.9 Å². The smallest absolute Gasteiger partial charge is 0.175 e. The third kappa shape index (κ3) is 4.18. The van der Waals surface area contributed by atoms with E-state index in [4.69, 9.17) is 27.9 Å². The molecule has 7 heteroatoms. The Labute approximate surface area is 183 Å². The van der Waals surface area contributed by atoms with Crippen LogP contribution in [-0.4, -0.2) is 14.8 Å². The number of ether oxygens (including phenoxy) is 1. The van der Waals surface area contributed by atoms with Gasteiger partial charge in [-0.2, -0.15) is 0 Å². The van der Waals surface area contributed by atoms with Crippen molar-refractivity contribution < 1.29 is 9.13 Å². The molecule has 0 N–H and O–H groups in total. The van der Waals surface area contributed by atoms with Gasteiger partial charge in [-0.15, -0.1) is 10.2 Å². The minimum atomic E-state index is -0.486. The zero-order chi connectivity index (χ0) is 21.3. The van der Waals surface area contributed by atoms with Crippen LogP contribution in [0.5, 0.6) is 5.75 Å². The Kier molecular flexibility index (Phi) is 5.75. The highest BCUT2D eigenvalue weighted by molar-refractivity contribution is 6.31. The van der Waals surface area contributed by atoms with Gasteiger partial charge in [0, 0.05) is 10.6 Å². The van der Waals surface area contributed by atoms with E-state index in [2.05, 4.69) is 10.2 Å². The molecule has 0 aliphatic heterocycles. The van der Waals surface area contributed by atoms with Crippen LogP contribution in [-0.2, 0) is 6.61 Å². The van der Waals surface area contributed by atoms with Crippen LogP contribution < -0.4 is 4.74 Å². The van der Waals surface area contributed by atoms with E-state index < -0.39 is 5.82 Å². The third-order valence-corrected chi connectivity index (χ3v) is 5.41. The molecule has 3 aromatic carbocycles. The molecule has 0 aliphatic carbocycles. The average molecular weight is 442 g/mol. The molecule has 0 spiro atoms. The van der Waals surface area contributed by atoms with Gasteiger partial charge in [0.1, 0.15) is 18.2 Å². The summed E-state index contributed by atoms with van der Waals surface area (Å²) in [5.41, 5.74) is 3.58. The monoisotopic (exact) mass is 441 g/mol. The lowest BCUT2D eigenvalue weighted by Crippen LogP contribution is -2.07. The molecular formula is C23H18Cl2FN3O. The second-order valence-electron chi connectivity index (χ2n) is 6.94. The molecule has 0 fully saturated rings. The fraction of sp³-hybridized carbons (Fsp3) is 0.130. The Bertz CT molecular complexity index is 1210. The molecule has 0 bridgehead atoms. The van der Waals surface area contributed by atoms with Crippen LogP contribution in [0, 0.1) is 19.7 Å².